The number of ether oxygens (including phenoxy) is 1. The lowest BCUT2D eigenvalue weighted by molar-refractivity contribution is 0.0547. The smallest absolute Gasteiger partial charge is 0.0674 e. The van der Waals surface area contributed by atoms with Crippen molar-refractivity contribution in [3.05, 3.63) is 0 Å². The minimum absolute atomic E-state index is 0.352. The quantitative estimate of drug-likeness (QED) is 0.780. The van der Waals surface area contributed by atoms with Crippen molar-refractivity contribution in [3.8, 4) is 0 Å². The summed E-state index contributed by atoms with van der Waals surface area (Å²) in [4.78, 5) is 2.54. The molecule has 1 rings (SSSR count). The molecule has 16 heavy (non-hydrogen) atoms. The molecule has 0 aromatic heterocycles. The number of hydrogen-bond acceptors (Lipinski definition) is 3. The second-order valence-corrected chi connectivity index (χ2v) is 5.10. The van der Waals surface area contributed by atoms with Crippen molar-refractivity contribution in [2.24, 2.45) is 11.7 Å². The van der Waals surface area contributed by atoms with Crippen LogP contribution < -0.4 is 5.73 Å². The first-order valence-electron chi connectivity index (χ1n) is 6.74. The van der Waals surface area contributed by atoms with Gasteiger partial charge in [-0.2, -0.15) is 0 Å². The van der Waals surface area contributed by atoms with E-state index in [1.54, 1.807) is 0 Å². The molecule has 0 amide bonds. The highest BCUT2D eigenvalue weighted by Gasteiger charge is 2.25. The van der Waals surface area contributed by atoms with Gasteiger partial charge in [-0.15, -0.1) is 0 Å². The average molecular weight is 228 g/mol. The first-order chi connectivity index (χ1) is 7.69. The molecule has 1 fully saturated rings. The SMILES string of the molecule is CCCC(C)C(CN)N1CCCOC(C)C1. The molecule has 3 unspecified atom stereocenters. The van der Waals surface area contributed by atoms with E-state index in [2.05, 4.69) is 25.7 Å². The van der Waals surface area contributed by atoms with Crippen molar-refractivity contribution in [2.75, 3.05) is 26.2 Å². The lowest BCUT2D eigenvalue weighted by Gasteiger charge is -2.34. The van der Waals surface area contributed by atoms with Gasteiger partial charge in [0.15, 0.2) is 0 Å². The number of hydrogen-bond donors (Lipinski definition) is 1. The first-order valence-corrected chi connectivity index (χ1v) is 6.74. The van der Waals surface area contributed by atoms with Gasteiger partial charge in [-0.25, -0.2) is 0 Å². The molecule has 0 saturated carbocycles. The summed E-state index contributed by atoms with van der Waals surface area (Å²) in [5.41, 5.74) is 5.95. The second-order valence-electron chi connectivity index (χ2n) is 5.10. The molecule has 0 aliphatic carbocycles. The molecular formula is C13H28N2O. The maximum Gasteiger partial charge on any atom is 0.0674 e. The number of rotatable bonds is 5. The predicted molar refractivity (Wildman–Crippen MR) is 68.5 cm³/mol. The average Bonchev–Trinajstić information content (AvgIpc) is 2.45. The lowest BCUT2D eigenvalue weighted by Crippen LogP contribution is -2.47. The first kappa shape index (κ1) is 13.9. The van der Waals surface area contributed by atoms with E-state index in [4.69, 9.17) is 10.5 Å². The fourth-order valence-electron chi connectivity index (χ4n) is 2.72. The normalized spacial score (nSPS) is 27.4. The van der Waals surface area contributed by atoms with E-state index >= 15 is 0 Å². The van der Waals surface area contributed by atoms with Crippen molar-refractivity contribution in [1.29, 1.82) is 0 Å². The molecule has 1 aliphatic rings. The second kappa shape index (κ2) is 7.25. The Morgan fingerprint density at radius 3 is 2.88 bits per heavy atom. The van der Waals surface area contributed by atoms with E-state index in [9.17, 15) is 0 Å². The van der Waals surface area contributed by atoms with Gasteiger partial charge in [0.1, 0.15) is 0 Å². The highest BCUT2D eigenvalue weighted by Crippen LogP contribution is 2.18. The van der Waals surface area contributed by atoms with Crippen LogP contribution in [0.5, 0.6) is 0 Å². The monoisotopic (exact) mass is 228 g/mol. The molecular weight excluding hydrogens is 200 g/mol. The van der Waals surface area contributed by atoms with Crippen LogP contribution in [0.4, 0.5) is 0 Å². The highest BCUT2D eigenvalue weighted by molar-refractivity contribution is 4.80. The third-order valence-electron chi connectivity index (χ3n) is 3.60. The molecule has 0 spiro atoms. The van der Waals surface area contributed by atoms with E-state index in [1.165, 1.54) is 12.8 Å². The van der Waals surface area contributed by atoms with Crippen LogP contribution in [0.2, 0.25) is 0 Å². The molecule has 2 N–H and O–H groups in total. The Hall–Kier alpha value is -0.120. The van der Waals surface area contributed by atoms with Gasteiger partial charge < -0.3 is 10.5 Å². The van der Waals surface area contributed by atoms with Gasteiger partial charge in [-0.1, -0.05) is 20.3 Å². The Bertz CT molecular complexity index is 187. The molecule has 3 nitrogen and oxygen atoms in total. The molecule has 0 aromatic rings. The Labute approximate surface area is 100 Å². The molecule has 1 saturated heterocycles. The summed E-state index contributed by atoms with van der Waals surface area (Å²) in [5, 5.41) is 0. The minimum atomic E-state index is 0.352. The van der Waals surface area contributed by atoms with Gasteiger partial charge in [-0.3, -0.25) is 4.90 Å². The Balaban J connectivity index is 2.55. The topological polar surface area (TPSA) is 38.5 Å². The fraction of sp³-hybridized carbons (Fsp3) is 1.00. The Morgan fingerprint density at radius 2 is 2.25 bits per heavy atom. The summed E-state index contributed by atoms with van der Waals surface area (Å²) in [6.07, 6.45) is 4.01. The summed E-state index contributed by atoms with van der Waals surface area (Å²) < 4.78 is 5.68. The van der Waals surface area contributed by atoms with E-state index in [0.29, 0.717) is 18.1 Å². The van der Waals surface area contributed by atoms with Crippen LogP contribution in [0, 0.1) is 5.92 Å². The molecule has 0 bridgehead atoms. The van der Waals surface area contributed by atoms with Gasteiger partial charge in [-0.05, 0) is 25.7 Å². The fourth-order valence-corrected chi connectivity index (χ4v) is 2.72. The van der Waals surface area contributed by atoms with Crippen molar-refractivity contribution < 1.29 is 4.74 Å². The predicted octanol–water partition coefficient (Wildman–Crippen LogP) is 1.86. The van der Waals surface area contributed by atoms with Crippen LogP contribution in [0.1, 0.15) is 40.0 Å². The molecule has 3 atom stereocenters. The van der Waals surface area contributed by atoms with Gasteiger partial charge >= 0.3 is 0 Å². The molecule has 1 aliphatic heterocycles. The van der Waals surface area contributed by atoms with E-state index in [1.807, 2.05) is 0 Å². The highest BCUT2D eigenvalue weighted by atomic mass is 16.5. The van der Waals surface area contributed by atoms with Crippen molar-refractivity contribution in [2.45, 2.75) is 52.2 Å². The van der Waals surface area contributed by atoms with Gasteiger partial charge in [0.25, 0.3) is 0 Å². The molecule has 3 heteroatoms. The molecule has 0 radical (unpaired) electrons. The van der Waals surface area contributed by atoms with Crippen molar-refractivity contribution in [3.63, 3.8) is 0 Å². The van der Waals surface area contributed by atoms with Crippen LogP contribution in [0.3, 0.4) is 0 Å². The zero-order valence-electron chi connectivity index (χ0n) is 11.1. The van der Waals surface area contributed by atoms with E-state index in [-0.39, 0.29) is 0 Å². The minimum Gasteiger partial charge on any atom is -0.377 e. The third kappa shape index (κ3) is 4.04. The van der Waals surface area contributed by atoms with Crippen LogP contribution in [0.25, 0.3) is 0 Å². The molecule has 1 heterocycles. The largest absolute Gasteiger partial charge is 0.377 e. The van der Waals surface area contributed by atoms with Gasteiger partial charge in [0.05, 0.1) is 6.10 Å². The maximum absolute atomic E-state index is 5.95. The summed E-state index contributed by atoms with van der Waals surface area (Å²) in [5.74, 6) is 0.695. The summed E-state index contributed by atoms with van der Waals surface area (Å²) in [7, 11) is 0. The number of nitrogens with two attached hydrogens (primary N) is 1. The van der Waals surface area contributed by atoms with Crippen LogP contribution in [0.15, 0.2) is 0 Å². The zero-order valence-corrected chi connectivity index (χ0v) is 11.1. The lowest BCUT2D eigenvalue weighted by atomic mass is 9.95. The molecule has 0 aromatic carbocycles. The maximum atomic E-state index is 5.95. The van der Waals surface area contributed by atoms with Crippen molar-refractivity contribution >= 4 is 0 Å². The summed E-state index contributed by atoms with van der Waals surface area (Å²) in [6.45, 7) is 10.6. The van der Waals surface area contributed by atoms with Gasteiger partial charge in [0.2, 0.25) is 0 Å². The number of nitrogens with zero attached hydrogens (tertiary/aromatic N) is 1. The van der Waals surface area contributed by atoms with Crippen LogP contribution in [-0.4, -0.2) is 43.3 Å². The van der Waals surface area contributed by atoms with E-state index < -0.39 is 0 Å². The standard InChI is InChI=1S/C13H28N2O/c1-4-6-11(2)13(9-14)15-7-5-8-16-12(3)10-15/h11-13H,4-10,14H2,1-3H3. The van der Waals surface area contributed by atoms with E-state index in [0.717, 1.165) is 32.7 Å². The summed E-state index contributed by atoms with van der Waals surface area (Å²) >= 11 is 0. The summed E-state index contributed by atoms with van der Waals surface area (Å²) in [6, 6.07) is 0.532. The Morgan fingerprint density at radius 1 is 1.50 bits per heavy atom. The zero-order chi connectivity index (χ0) is 12.0. The third-order valence-corrected chi connectivity index (χ3v) is 3.60. The Kier molecular flexibility index (Phi) is 6.32. The van der Waals surface area contributed by atoms with Crippen molar-refractivity contribution in [1.82, 2.24) is 4.90 Å². The molecule has 96 valence electrons. The van der Waals surface area contributed by atoms with Crippen LogP contribution in [-0.2, 0) is 4.74 Å². The van der Waals surface area contributed by atoms with Gasteiger partial charge in [0, 0.05) is 32.3 Å². The van der Waals surface area contributed by atoms with Crippen LogP contribution >= 0.6 is 0 Å².